The van der Waals surface area contributed by atoms with Gasteiger partial charge in [0.25, 0.3) is 0 Å². The summed E-state index contributed by atoms with van der Waals surface area (Å²) >= 11 is 5.96. The number of rotatable bonds is 7. The molecule has 0 aliphatic carbocycles. The molecular formula is C22H26ClN3O6S. The van der Waals surface area contributed by atoms with Crippen LogP contribution in [0, 0.1) is 0 Å². The number of sulfonamides is 1. The van der Waals surface area contributed by atoms with Gasteiger partial charge in [0.2, 0.25) is 22.7 Å². The molecule has 4 rings (SSSR count). The average molecular weight is 496 g/mol. The molecule has 178 valence electrons. The Morgan fingerprint density at radius 1 is 1.12 bits per heavy atom. The maximum absolute atomic E-state index is 12.9. The minimum Gasteiger partial charge on any atom is -0.495 e. The summed E-state index contributed by atoms with van der Waals surface area (Å²) in [6.07, 6.45) is 0. The quantitative estimate of drug-likeness (QED) is 0.628. The molecule has 0 aromatic heterocycles. The third-order valence-corrected chi connectivity index (χ3v) is 7.44. The first kappa shape index (κ1) is 23.6. The molecule has 2 aromatic carbocycles. The predicted octanol–water partition coefficient (Wildman–Crippen LogP) is 2.09. The molecule has 0 radical (unpaired) electrons. The van der Waals surface area contributed by atoms with Crippen LogP contribution in [0.5, 0.6) is 17.2 Å². The molecule has 2 aromatic rings. The lowest BCUT2D eigenvalue weighted by Gasteiger charge is -2.36. The molecule has 0 bridgehead atoms. The average Bonchev–Trinajstić information content (AvgIpc) is 3.27. The van der Waals surface area contributed by atoms with E-state index >= 15 is 0 Å². The molecule has 0 spiro atoms. The summed E-state index contributed by atoms with van der Waals surface area (Å²) in [4.78, 5) is 16.7. The van der Waals surface area contributed by atoms with Gasteiger partial charge in [0.1, 0.15) is 10.6 Å². The maximum Gasteiger partial charge on any atom is 0.245 e. The van der Waals surface area contributed by atoms with Crippen LogP contribution in [0.25, 0.3) is 0 Å². The Kier molecular flexibility index (Phi) is 6.99. The summed E-state index contributed by atoms with van der Waals surface area (Å²) < 4.78 is 44.1. The second-order valence-electron chi connectivity index (χ2n) is 7.93. The Bertz CT molecular complexity index is 1130. The number of piperazine rings is 1. The van der Waals surface area contributed by atoms with Crippen LogP contribution in [0.15, 0.2) is 41.3 Å². The molecule has 1 N–H and O–H groups in total. The van der Waals surface area contributed by atoms with Gasteiger partial charge < -0.3 is 19.1 Å². The summed E-state index contributed by atoms with van der Waals surface area (Å²) in [7, 11) is -2.63. The fourth-order valence-electron chi connectivity index (χ4n) is 3.90. The monoisotopic (exact) mass is 495 g/mol. The van der Waals surface area contributed by atoms with Crippen molar-refractivity contribution in [2.75, 3.05) is 40.1 Å². The summed E-state index contributed by atoms with van der Waals surface area (Å²) in [6.45, 7) is 4.90. The summed E-state index contributed by atoms with van der Waals surface area (Å²) in [5.74, 6) is 1.38. The molecule has 2 aliphatic heterocycles. The van der Waals surface area contributed by atoms with Crippen LogP contribution >= 0.6 is 11.6 Å². The van der Waals surface area contributed by atoms with Gasteiger partial charge >= 0.3 is 0 Å². The van der Waals surface area contributed by atoms with Gasteiger partial charge in [-0.1, -0.05) is 17.7 Å². The van der Waals surface area contributed by atoms with Gasteiger partial charge in [-0.05, 0) is 42.8 Å². The molecule has 1 atom stereocenters. The third-order valence-electron chi connectivity index (χ3n) is 5.64. The lowest BCUT2D eigenvalue weighted by atomic mass is 10.1. The van der Waals surface area contributed by atoms with Crippen LogP contribution in [-0.2, 0) is 21.4 Å². The number of fused-ring (bicyclic) bond motifs is 1. The molecule has 9 nitrogen and oxygen atoms in total. The van der Waals surface area contributed by atoms with Crippen molar-refractivity contribution in [3.8, 4) is 17.2 Å². The van der Waals surface area contributed by atoms with E-state index in [-0.39, 0.29) is 28.4 Å². The second kappa shape index (κ2) is 9.76. The number of carbonyl (C=O) groups is 1. The molecule has 1 fully saturated rings. The summed E-state index contributed by atoms with van der Waals surface area (Å²) in [6, 6.07) is 9.26. The van der Waals surface area contributed by atoms with E-state index in [0.717, 1.165) is 23.6 Å². The number of hydrogen-bond acceptors (Lipinski definition) is 7. The Labute approximate surface area is 198 Å². The molecule has 33 heavy (non-hydrogen) atoms. The number of hydrogen-bond donors (Lipinski definition) is 1. The van der Waals surface area contributed by atoms with E-state index < -0.39 is 16.1 Å². The first-order valence-electron chi connectivity index (χ1n) is 10.5. The van der Waals surface area contributed by atoms with Gasteiger partial charge in [-0.3, -0.25) is 9.69 Å². The molecule has 0 unspecified atom stereocenters. The van der Waals surface area contributed by atoms with Gasteiger partial charge in [-0.2, -0.15) is 4.72 Å². The first-order chi connectivity index (χ1) is 15.8. The highest BCUT2D eigenvalue weighted by Gasteiger charge is 2.30. The minimum absolute atomic E-state index is 0.106. The van der Waals surface area contributed by atoms with Gasteiger partial charge in [0.15, 0.2) is 11.5 Å². The lowest BCUT2D eigenvalue weighted by molar-refractivity contribution is -0.134. The fourth-order valence-corrected chi connectivity index (χ4v) is 5.53. The molecular weight excluding hydrogens is 470 g/mol. The number of benzene rings is 2. The molecule has 2 aliphatic rings. The SMILES string of the molecule is COc1ccc(Cl)cc1S(=O)(=O)N[C@@H](C)C(=O)N1CCN(Cc2ccc3c(c2)OCO3)CC1. The van der Waals surface area contributed by atoms with Crippen LogP contribution in [-0.4, -0.2) is 70.2 Å². The Hall–Kier alpha value is -2.53. The van der Waals surface area contributed by atoms with E-state index in [1.54, 1.807) is 4.90 Å². The molecule has 1 amide bonds. The number of methoxy groups -OCH3 is 1. The topological polar surface area (TPSA) is 97.4 Å². The van der Waals surface area contributed by atoms with Crippen LogP contribution in [0.2, 0.25) is 5.02 Å². The standard InChI is InChI=1S/C22H26ClN3O6S/c1-15(24-33(28,29)21-12-17(23)4-6-19(21)30-2)22(27)26-9-7-25(8-10-26)13-16-3-5-18-20(11-16)32-14-31-18/h3-6,11-12,15,24H,7-10,13-14H2,1-2H3/t15-/m0/s1. The zero-order valence-electron chi connectivity index (χ0n) is 18.4. The van der Waals surface area contributed by atoms with Crippen molar-refractivity contribution in [3.63, 3.8) is 0 Å². The van der Waals surface area contributed by atoms with E-state index in [2.05, 4.69) is 9.62 Å². The van der Waals surface area contributed by atoms with E-state index in [9.17, 15) is 13.2 Å². The molecule has 0 saturated carbocycles. The zero-order chi connectivity index (χ0) is 23.6. The number of halogens is 1. The van der Waals surface area contributed by atoms with Crippen molar-refractivity contribution in [2.45, 2.75) is 24.4 Å². The number of nitrogens with zero attached hydrogens (tertiary/aromatic N) is 2. The van der Waals surface area contributed by atoms with Crippen molar-refractivity contribution in [1.29, 1.82) is 0 Å². The third kappa shape index (κ3) is 5.35. The summed E-state index contributed by atoms with van der Waals surface area (Å²) in [5, 5.41) is 0.258. The number of carbonyl (C=O) groups excluding carboxylic acids is 1. The van der Waals surface area contributed by atoms with Crippen LogP contribution in [0.1, 0.15) is 12.5 Å². The van der Waals surface area contributed by atoms with E-state index in [1.165, 1.54) is 32.2 Å². The van der Waals surface area contributed by atoms with Gasteiger partial charge in [0, 0.05) is 37.7 Å². The zero-order valence-corrected chi connectivity index (χ0v) is 20.0. The normalized spacial score (nSPS) is 17.1. The van der Waals surface area contributed by atoms with Crippen molar-refractivity contribution in [2.24, 2.45) is 0 Å². The molecule has 11 heteroatoms. The van der Waals surface area contributed by atoms with Crippen LogP contribution in [0.3, 0.4) is 0 Å². The van der Waals surface area contributed by atoms with Crippen molar-refractivity contribution < 1.29 is 27.4 Å². The number of nitrogens with one attached hydrogen (secondary N) is 1. The minimum atomic E-state index is -4.00. The Morgan fingerprint density at radius 2 is 1.85 bits per heavy atom. The van der Waals surface area contributed by atoms with Crippen molar-refractivity contribution in [1.82, 2.24) is 14.5 Å². The second-order valence-corrected chi connectivity index (χ2v) is 10.0. The summed E-state index contributed by atoms with van der Waals surface area (Å²) in [5.41, 5.74) is 1.11. The van der Waals surface area contributed by atoms with Gasteiger partial charge in [-0.15, -0.1) is 0 Å². The lowest BCUT2D eigenvalue weighted by Crippen LogP contribution is -2.53. The van der Waals surface area contributed by atoms with E-state index in [0.29, 0.717) is 26.2 Å². The smallest absolute Gasteiger partial charge is 0.245 e. The van der Waals surface area contributed by atoms with Crippen LogP contribution < -0.4 is 18.9 Å². The fraction of sp³-hybridized carbons (Fsp3) is 0.409. The highest BCUT2D eigenvalue weighted by atomic mass is 35.5. The largest absolute Gasteiger partial charge is 0.495 e. The van der Waals surface area contributed by atoms with Gasteiger partial charge in [0.05, 0.1) is 13.2 Å². The Morgan fingerprint density at radius 3 is 2.58 bits per heavy atom. The van der Waals surface area contributed by atoms with Crippen molar-refractivity contribution >= 4 is 27.5 Å². The highest BCUT2D eigenvalue weighted by Crippen LogP contribution is 2.33. The van der Waals surface area contributed by atoms with Crippen molar-refractivity contribution in [3.05, 3.63) is 47.0 Å². The van der Waals surface area contributed by atoms with E-state index in [1.807, 2.05) is 18.2 Å². The Balaban J connectivity index is 1.33. The molecule has 2 heterocycles. The van der Waals surface area contributed by atoms with Gasteiger partial charge in [-0.25, -0.2) is 8.42 Å². The number of amides is 1. The maximum atomic E-state index is 12.9. The molecule has 1 saturated heterocycles. The first-order valence-corrected chi connectivity index (χ1v) is 12.4. The predicted molar refractivity (Wildman–Crippen MR) is 122 cm³/mol. The van der Waals surface area contributed by atoms with E-state index in [4.69, 9.17) is 25.8 Å². The number of ether oxygens (including phenoxy) is 3. The highest BCUT2D eigenvalue weighted by molar-refractivity contribution is 7.89. The van der Waals surface area contributed by atoms with Crippen LogP contribution in [0.4, 0.5) is 0 Å².